The van der Waals surface area contributed by atoms with E-state index in [2.05, 4.69) is 11.9 Å². The summed E-state index contributed by atoms with van der Waals surface area (Å²) in [6, 6.07) is 8.48. The van der Waals surface area contributed by atoms with Crippen LogP contribution in [0.3, 0.4) is 0 Å². The van der Waals surface area contributed by atoms with Crippen molar-refractivity contribution in [1.82, 2.24) is 5.32 Å². The zero-order chi connectivity index (χ0) is 17.7. The molecule has 0 bridgehead atoms. The minimum Gasteiger partial charge on any atom is -0.478 e. The lowest BCUT2D eigenvalue weighted by Crippen LogP contribution is -2.23. The van der Waals surface area contributed by atoms with Gasteiger partial charge in [-0.2, -0.15) is 0 Å². The number of rotatable bonds is 8. The molecule has 126 valence electrons. The lowest BCUT2D eigenvalue weighted by atomic mass is 10.4. The first kappa shape index (κ1) is 20.6. The fraction of sp³-hybridized carbons (Fsp3) is 0.200. The van der Waals surface area contributed by atoms with Crippen molar-refractivity contribution in [3.63, 3.8) is 0 Å². The topological polar surface area (TPSA) is 121 Å². The first-order valence-corrected chi connectivity index (χ1v) is 8.18. The van der Waals surface area contributed by atoms with Crippen LogP contribution in [0.25, 0.3) is 0 Å². The third-order valence-electron chi connectivity index (χ3n) is 2.31. The molecule has 0 aromatic heterocycles. The Morgan fingerprint density at radius 1 is 1.09 bits per heavy atom. The van der Waals surface area contributed by atoms with Crippen LogP contribution in [0.15, 0.2) is 60.0 Å². The lowest BCUT2D eigenvalue weighted by Gasteiger charge is -2.04. The summed E-state index contributed by atoms with van der Waals surface area (Å²) < 4.78 is 23.5. The van der Waals surface area contributed by atoms with E-state index in [1.807, 2.05) is 0 Å². The Bertz CT molecular complexity index is 621. The summed E-state index contributed by atoms with van der Waals surface area (Å²) in [7, 11) is -3.14. The molecule has 0 aliphatic heterocycles. The minimum absolute atomic E-state index is 0.116. The van der Waals surface area contributed by atoms with Gasteiger partial charge in [-0.1, -0.05) is 24.3 Å². The maximum Gasteiger partial charge on any atom is 0.328 e. The molecule has 0 aliphatic rings. The van der Waals surface area contributed by atoms with Gasteiger partial charge in [0, 0.05) is 25.2 Å². The van der Waals surface area contributed by atoms with Gasteiger partial charge in [0.1, 0.15) is 0 Å². The van der Waals surface area contributed by atoms with Gasteiger partial charge in [-0.15, -0.1) is 6.58 Å². The maximum absolute atomic E-state index is 11.7. The van der Waals surface area contributed by atoms with Crippen LogP contribution in [0.5, 0.6) is 0 Å². The summed E-state index contributed by atoms with van der Waals surface area (Å²) in [4.78, 5) is 19.5. The number of carboxylic acid groups (broad SMARTS) is 2. The SMILES string of the molecule is C=CCNCCS(=O)(=O)c1ccccc1.O=C(O)/C=C\C(=O)O. The highest BCUT2D eigenvalue weighted by Gasteiger charge is 2.12. The number of benzene rings is 1. The molecule has 0 saturated carbocycles. The van der Waals surface area contributed by atoms with E-state index < -0.39 is 21.8 Å². The molecule has 3 N–H and O–H groups in total. The molecule has 1 aromatic rings. The monoisotopic (exact) mass is 341 g/mol. The van der Waals surface area contributed by atoms with E-state index >= 15 is 0 Å². The van der Waals surface area contributed by atoms with Gasteiger partial charge in [-0.25, -0.2) is 18.0 Å². The van der Waals surface area contributed by atoms with E-state index in [0.29, 0.717) is 30.1 Å². The van der Waals surface area contributed by atoms with Crippen molar-refractivity contribution in [2.75, 3.05) is 18.8 Å². The van der Waals surface area contributed by atoms with Gasteiger partial charge in [0.05, 0.1) is 10.6 Å². The third kappa shape index (κ3) is 10.9. The predicted molar refractivity (Wildman–Crippen MR) is 86.0 cm³/mol. The molecule has 0 unspecified atom stereocenters. The quantitative estimate of drug-likeness (QED) is 0.366. The summed E-state index contributed by atoms with van der Waals surface area (Å²) in [5, 5.41) is 18.6. The Balaban J connectivity index is 0.000000515. The van der Waals surface area contributed by atoms with Crippen molar-refractivity contribution >= 4 is 21.8 Å². The van der Waals surface area contributed by atoms with Gasteiger partial charge in [0.2, 0.25) is 0 Å². The Morgan fingerprint density at radius 2 is 1.61 bits per heavy atom. The van der Waals surface area contributed by atoms with Gasteiger partial charge in [0.25, 0.3) is 0 Å². The van der Waals surface area contributed by atoms with Gasteiger partial charge in [-0.05, 0) is 12.1 Å². The number of nitrogens with one attached hydrogen (secondary N) is 1. The minimum atomic E-state index is -3.14. The maximum atomic E-state index is 11.7. The molecule has 0 heterocycles. The van der Waals surface area contributed by atoms with E-state index in [1.165, 1.54) is 0 Å². The average molecular weight is 341 g/mol. The highest BCUT2D eigenvalue weighted by Crippen LogP contribution is 2.08. The Morgan fingerprint density at radius 3 is 2.04 bits per heavy atom. The first-order valence-electron chi connectivity index (χ1n) is 6.53. The molecule has 0 aliphatic carbocycles. The van der Waals surface area contributed by atoms with Gasteiger partial charge >= 0.3 is 11.9 Å². The molecule has 0 radical (unpaired) electrons. The van der Waals surface area contributed by atoms with Crippen LogP contribution in [0.2, 0.25) is 0 Å². The smallest absolute Gasteiger partial charge is 0.328 e. The van der Waals surface area contributed by atoms with Crippen LogP contribution < -0.4 is 5.32 Å². The van der Waals surface area contributed by atoms with Crippen molar-refractivity contribution in [3.8, 4) is 0 Å². The molecule has 0 saturated heterocycles. The van der Waals surface area contributed by atoms with Crippen LogP contribution in [0.4, 0.5) is 0 Å². The summed E-state index contributed by atoms with van der Waals surface area (Å²) in [6.45, 7) is 4.62. The molecule has 0 fully saturated rings. The molecule has 8 heteroatoms. The van der Waals surface area contributed by atoms with Crippen LogP contribution >= 0.6 is 0 Å². The second kappa shape index (κ2) is 11.2. The molecule has 7 nitrogen and oxygen atoms in total. The Labute approximate surface area is 134 Å². The average Bonchev–Trinajstić information content (AvgIpc) is 2.51. The largest absolute Gasteiger partial charge is 0.478 e. The van der Waals surface area contributed by atoms with Crippen LogP contribution in [-0.2, 0) is 19.4 Å². The van der Waals surface area contributed by atoms with Gasteiger partial charge < -0.3 is 15.5 Å². The number of carboxylic acids is 2. The van der Waals surface area contributed by atoms with E-state index in [0.717, 1.165) is 0 Å². The van der Waals surface area contributed by atoms with Crippen LogP contribution in [0.1, 0.15) is 0 Å². The number of hydrogen-bond acceptors (Lipinski definition) is 5. The molecular formula is C15H19NO6S. The highest BCUT2D eigenvalue weighted by molar-refractivity contribution is 7.91. The third-order valence-corrected chi connectivity index (χ3v) is 4.04. The normalized spacial score (nSPS) is 10.6. The molecular weight excluding hydrogens is 322 g/mol. The number of aliphatic carboxylic acids is 2. The molecule has 1 aromatic carbocycles. The predicted octanol–water partition coefficient (Wildman–Crippen LogP) is 0.948. The summed E-state index contributed by atoms with van der Waals surface area (Å²) in [5.74, 6) is -2.40. The van der Waals surface area contributed by atoms with Gasteiger partial charge in [0.15, 0.2) is 9.84 Å². The first-order chi connectivity index (χ1) is 10.8. The van der Waals surface area contributed by atoms with E-state index in [1.54, 1.807) is 36.4 Å². The fourth-order valence-corrected chi connectivity index (χ4v) is 2.52. The second-order valence-electron chi connectivity index (χ2n) is 4.13. The van der Waals surface area contributed by atoms with Crippen molar-refractivity contribution in [2.45, 2.75) is 4.90 Å². The summed E-state index contributed by atoms with van der Waals surface area (Å²) in [5.41, 5.74) is 0. The number of sulfone groups is 1. The van der Waals surface area contributed by atoms with Crippen molar-refractivity contribution in [1.29, 1.82) is 0 Å². The fourth-order valence-electron chi connectivity index (χ4n) is 1.30. The molecule has 1 rings (SSSR count). The van der Waals surface area contributed by atoms with Gasteiger partial charge in [-0.3, -0.25) is 0 Å². The van der Waals surface area contributed by atoms with E-state index in [9.17, 15) is 18.0 Å². The number of carbonyl (C=O) groups is 2. The Hall–Kier alpha value is -2.45. The molecule has 0 spiro atoms. The van der Waals surface area contributed by atoms with E-state index in [4.69, 9.17) is 10.2 Å². The summed E-state index contributed by atoms with van der Waals surface area (Å²) >= 11 is 0. The van der Waals surface area contributed by atoms with Crippen molar-refractivity contribution < 1.29 is 28.2 Å². The van der Waals surface area contributed by atoms with Crippen LogP contribution in [-0.4, -0.2) is 49.4 Å². The van der Waals surface area contributed by atoms with Crippen LogP contribution in [0, 0.1) is 0 Å². The van der Waals surface area contributed by atoms with Crippen molar-refractivity contribution in [2.24, 2.45) is 0 Å². The van der Waals surface area contributed by atoms with Crippen molar-refractivity contribution in [3.05, 3.63) is 55.1 Å². The molecule has 0 atom stereocenters. The molecule has 0 amide bonds. The van der Waals surface area contributed by atoms with E-state index in [-0.39, 0.29) is 5.75 Å². The lowest BCUT2D eigenvalue weighted by molar-refractivity contribution is -0.134. The zero-order valence-electron chi connectivity index (χ0n) is 12.4. The standard InChI is InChI=1S/C11H15NO2S.C4H4O4/c1-2-8-12-9-10-15(13,14)11-6-4-3-5-7-11;5-3(6)1-2-4(7)8/h2-7,12H,1,8-10H2;1-2H,(H,5,6)(H,7,8)/b;2-1-. The summed E-state index contributed by atoms with van der Waals surface area (Å²) in [6.07, 6.45) is 2.82. The zero-order valence-corrected chi connectivity index (χ0v) is 13.2. The highest BCUT2D eigenvalue weighted by atomic mass is 32.2. The Kier molecular flexibility index (Phi) is 9.97. The second-order valence-corrected chi connectivity index (χ2v) is 6.24. The molecule has 23 heavy (non-hydrogen) atoms. The number of hydrogen-bond donors (Lipinski definition) is 3.